The van der Waals surface area contributed by atoms with E-state index in [9.17, 15) is 9.59 Å². The number of carbonyl (C=O) groups excluding carboxylic acids is 2. The van der Waals surface area contributed by atoms with Gasteiger partial charge < -0.3 is 18.9 Å². The van der Waals surface area contributed by atoms with Crippen LogP contribution in [-0.2, 0) is 32.1 Å². The Hall–Kier alpha value is -3.02. The Morgan fingerprint density at radius 3 is 2.54 bits per heavy atom. The van der Waals surface area contributed by atoms with Crippen molar-refractivity contribution < 1.29 is 28.5 Å². The maximum atomic E-state index is 11.7. The van der Waals surface area contributed by atoms with Gasteiger partial charge in [-0.15, -0.1) is 0 Å². The van der Waals surface area contributed by atoms with Crippen LogP contribution in [0.15, 0.2) is 42.5 Å². The molecule has 1 saturated carbocycles. The third-order valence-electron chi connectivity index (χ3n) is 7.66. The zero-order valence-corrected chi connectivity index (χ0v) is 22.8. The van der Waals surface area contributed by atoms with Gasteiger partial charge in [-0.3, -0.25) is 9.59 Å². The minimum absolute atomic E-state index is 0.0238. The Balaban J connectivity index is 1.56. The summed E-state index contributed by atoms with van der Waals surface area (Å²) in [5, 5.41) is 0. The molecule has 0 saturated heterocycles. The van der Waals surface area contributed by atoms with Crippen molar-refractivity contribution in [3.63, 3.8) is 0 Å². The molecule has 0 spiro atoms. The van der Waals surface area contributed by atoms with Crippen LogP contribution in [-0.4, -0.2) is 29.7 Å². The van der Waals surface area contributed by atoms with Gasteiger partial charge in [0.25, 0.3) is 0 Å². The minimum atomic E-state index is -0.377. The van der Waals surface area contributed by atoms with Crippen molar-refractivity contribution in [1.82, 2.24) is 0 Å². The summed E-state index contributed by atoms with van der Waals surface area (Å²) in [7, 11) is 0. The number of esters is 2. The van der Waals surface area contributed by atoms with Crippen molar-refractivity contribution in [3.8, 4) is 11.5 Å². The first kappa shape index (κ1) is 27.0. The average molecular weight is 509 g/mol. The zero-order valence-electron chi connectivity index (χ0n) is 22.8. The lowest BCUT2D eigenvalue weighted by atomic mass is 9.65. The predicted octanol–water partition coefficient (Wildman–Crippen LogP) is 6.53. The third-order valence-corrected chi connectivity index (χ3v) is 7.66. The van der Waals surface area contributed by atoms with Gasteiger partial charge in [-0.2, -0.15) is 0 Å². The lowest BCUT2D eigenvalue weighted by Crippen LogP contribution is -2.48. The monoisotopic (exact) mass is 508 g/mol. The molecule has 1 fully saturated rings. The number of hydrogen-bond acceptors (Lipinski definition) is 6. The second kappa shape index (κ2) is 11.6. The van der Waals surface area contributed by atoms with Crippen LogP contribution in [0.3, 0.4) is 0 Å². The first-order valence-electron chi connectivity index (χ1n) is 13.5. The van der Waals surface area contributed by atoms with E-state index in [4.69, 9.17) is 18.9 Å². The summed E-state index contributed by atoms with van der Waals surface area (Å²) in [5.74, 6) is 1.32. The van der Waals surface area contributed by atoms with Crippen LogP contribution in [0.25, 0.3) is 0 Å². The summed E-state index contributed by atoms with van der Waals surface area (Å²) in [6.07, 6.45) is 5.32. The molecule has 4 rings (SSSR count). The first-order valence-corrected chi connectivity index (χ1v) is 13.5. The number of aryl methyl sites for hydroxylation is 1. The molecule has 6 nitrogen and oxygen atoms in total. The van der Waals surface area contributed by atoms with E-state index in [2.05, 4.69) is 45.0 Å². The van der Waals surface area contributed by atoms with Crippen molar-refractivity contribution in [2.24, 2.45) is 5.92 Å². The second-order valence-electron chi connectivity index (χ2n) is 11.0. The Labute approximate surface area is 220 Å². The molecule has 0 amide bonds. The fraction of sp³-hybridized carbons (Fsp3) is 0.548. The summed E-state index contributed by atoms with van der Waals surface area (Å²) < 4.78 is 24.0. The van der Waals surface area contributed by atoms with E-state index in [0.29, 0.717) is 0 Å². The molecule has 1 aliphatic carbocycles. The second-order valence-corrected chi connectivity index (χ2v) is 11.0. The number of hydrogen-bond donors (Lipinski definition) is 0. The Bertz CT molecular complexity index is 1090. The van der Waals surface area contributed by atoms with E-state index in [1.807, 2.05) is 18.2 Å². The molecular weight excluding hydrogens is 468 g/mol. The lowest BCUT2D eigenvalue weighted by Gasteiger charge is -2.49. The number of rotatable bonds is 9. The van der Waals surface area contributed by atoms with E-state index in [0.717, 1.165) is 61.2 Å². The SMILES string of the molecule is CC(=O)OCc1cc(OC(C)CCCc2ccccc2)cc2c1C1CC(OC(C)=O)CCC1C(C)(C)O2. The van der Waals surface area contributed by atoms with Gasteiger partial charge in [-0.05, 0) is 76.8 Å². The van der Waals surface area contributed by atoms with Gasteiger partial charge in [0.15, 0.2) is 0 Å². The fourth-order valence-electron chi connectivity index (χ4n) is 6.04. The molecule has 2 aliphatic rings. The molecule has 2 aromatic carbocycles. The van der Waals surface area contributed by atoms with Gasteiger partial charge >= 0.3 is 11.9 Å². The molecule has 1 heterocycles. The van der Waals surface area contributed by atoms with Crippen molar-refractivity contribution in [1.29, 1.82) is 0 Å². The minimum Gasteiger partial charge on any atom is -0.491 e. The van der Waals surface area contributed by atoms with Gasteiger partial charge in [-0.1, -0.05) is 30.3 Å². The Morgan fingerprint density at radius 2 is 1.84 bits per heavy atom. The van der Waals surface area contributed by atoms with Crippen LogP contribution in [0.2, 0.25) is 0 Å². The molecule has 0 radical (unpaired) electrons. The Morgan fingerprint density at radius 1 is 1.08 bits per heavy atom. The summed E-state index contributed by atoms with van der Waals surface area (Å²) in [6.45, 7) is 9.38. The topological polar surface area (TPSA) is 71.1 Å². The van der Waals surface area contributed by atoms with Crippen LogP contribution in [0.5, 0.6) is 11.5 Å². The fourth-order valence-corrected chi connectivity index (χ4v) is 6.04. The average Bonchev–Trinajstić information content (AvgIpc) is 2.82. The third kappa shape index (κ3) is 6.85. The molecule has 2 aromatic rings. The van der Waals surface area contributed by atoms with Crippen LogP contribution in [0, 0.1) is 5.92 Å². The number of fused-ring (bicyclic) bond motifs is 3. The Kier molecular flexibility index (Phi) is 8.46. The molecule has 6 heteroatoms. The molecule has 4 unspecified atom stereocenters. The number of carbonyl (C=O) groups is 2. The summed E-state index contributed by atoms with van der Waals surface area (Å²) >= 11 is 0. The van der Waals surface area contributed by atoms with E-state index in [1.54, 1.807) is 0 Å². The van der Waals surface area contributed by atoms with Gasteiger partial charge in [0.2, 0.25) is 0 Å². The van der Waals surface area contributed by atoms with E-state index < -0.39 is 0 Å². The molecule has 37 heavy (non-hydrogen) atoms. The van der Waals surface area contributed by atoms with Crippen LogP contribution in [0.1, 0.15) is 89.3 Å². The summed E-state index contributed by atoms with van der Waals surface area (Å²) in [6, 6.07) is 14.4. The molecule has 0 aromatic heterocycles. The maximum absolute atomic E-state index is 11.7. The van der Waals surface area contributed by atoms with Crippen LogP contribution in [0.4, 0.5) is 0 Å². The molecule has 200 valence electrons. The van der Waals surface area contributed by atoms with Gasteiger partial charge in [-0.25, -0.2) is 0 Å². The summed E-state index contributed by atoms with van der Waals surface area (Å²) in [5.41, 5.74) is 2.90. The predicted molar refractivity (Wildman–Crippen MR) is 142 cm³/mol. The number of benzene rings is 2. The quantitative estimate of drug-likeness (QED) is 0.359. The van der Waals surface area contributed by atoms with Crippen molar-refractivity contribution >= 4 is 11.9 Å². The smallest absolute Gasteiger partial charge is 0.302 e. The highest BCUT2D eigenvalue weighted by atomic mass is 16.5. The molecule has 1 aliphatic heterocycles. The summed E-state index contributed by atoms with van der Waals surface area (Å²) in [4.78, 5) is 23.4. The van der Waals surface area contributed by atoms with Crippen LogP contribution >= 0.6 is 0 Å². The number of ether oxygens (including phenoxy) is 4. The highest BCUT2D eigenvalue weighted by Gasteiger charge is 2.48. The van der Waals surface area contributed by atoms with E-state index in [-0.39, 0.29) is 48.2 Å². The van der Waals surface area contributed by atoms with Gasteiger partial charge in [0.1, 0.15) is 29.8 Å². The lowest BCUT2D eigenvalue weighted by molar-refractivity contribution is -0.150. The molecule has 0 N–H and O–H groups in total. The van der Waals surface area contributed by atoms with Gasteiger partial charge in [0.05, 0.1) is 6.10 Å². The maximum Gasteiger partial charge on any atom is 0.302 e. The zero-order chi connectivity index (χ0) is 26.6. The van der Waals surface area contributed by atoms with E-state index in [1.165, 1.54) is 19.4 Å². The van der Waals surface area contributed by atoms with Crippen molar-refractivity contribution in [2.45, 2.75) is 103 Å². The molecule has 0 bridgehead atoms. The molecular formula is C31H40O6. The van der Waals surface area contributed by atoms with E-state index >= 15 is 0 Å². The largest absolute Gasteiger partial charge is 0.491 e. The highest BCUT2D eigenvalue weighted by Crippen LogP contribution is 2.54. The molecule has 4 atom stereocenters. The standard InChI is InChI=1S/C31H40O6/c1-20(10-9-13-23-11-7-6-8-12-23)35-26-16-24(19-34-21(2)32)30-27-17-25(36-22(3)33)14-15-28(27)31(4,5)37-29(30)18-26/h6-8,11-12,16,18,20,25,27-28H,9-10,13-15,17,19H2,1-5H3. The van der Waals surface area contributed by atoms with Crippen LogP contribution < -0.4 is 9.47 Å². The highest BCUT2D eigenvalue weighted by molar-refractivity contribution is 5.66. The van der Waals surface area contributed by atoms with Crippen molar-refractivity contribution in [3.05, 3.63) is 59.2 Å². The normalized spacial score (nSPS) is 22.6. The first-order chi connectivity index (χ1) is 17.6. The van der Waals surface area contributed by atoms with Crippen molar-refractivity contribution in [2.75, 3.05) is 0 Å². The van der Waals surface area contributed by atoms with Gasteiger partial charge in [0, 0.05) is 37.0 Å².